The van der Waals surface area contributed by atoms with E-state index in [0.717, 1.165) is 0 Å². The molecule has 1 saturated heterocycles. The lowest BCUT2D eigenvalue weighted by molar-refractivity contribution is -0.150. The first kappa shape index (κ1) is 27.6. The van der Waals surface area contributed by atoms with Gasteiger partial charge in [-0.2, -0.15) is 0 Å². The molecule has 11 heteroatoms. The number of hydrogen-bond donors (Lipinski definition) is 1. The summed E-state index contributed by atoms with van der Waals surface area (Å²) in [5, 5.41) is 3.22. The lowest BCUT2D eigenvalue weighted by Crippen LogP contribution is -2.47. The Morgan fingerprint density at radius 1 is 1.08 bits per heavy atom. The molecule has 0 unspecified atom stereocenters. The molecule has 0 spiro atoms. The third kappa shape index (κ3) is 5.71. The molecule has 1 aliphatic heterocycles. The molecule has 0 saturated carbocycles. The van der Waals surface area contributed by atoms with Crippen LogP contribution in [0.1, 0.15) is 46.3 Å². The first-order chi connectivity index (χ1) is 18.6. The molecule has 0 aliphatic carbocycles. The minimum absolute atomic E-state index is 0.140. The molecule has 1 fully saturated rings. The number of carbonyl (C=O) groups is 4. The zero-order chi connectivity index (χ0) is 28.3. The molecule has 1 aliphatic rings. The van der Waals surface area contributed by atoms with Gasteiger partial charge in [0.2, 0.25) is 0 Å². The number of nitrogens with one attached hydrogen (secondary N) is 1. The molecule has 3 heterocycles. The summed E-state index contributed by atoms with van der Waals surface area (Å²) in [7, 11) is 3.09. The molecule has 206 valence electrons. The molecule has 0 bridgehead atoms. The number of benzene rings is 1. The van der Waals surface area contributed by atoms with Gasteiger partial charge in [0.25, 0.3) is 17.4 Å². The monoisotopic (exact) mass is 536 g/mol. The number of Topliss-reactive ketones (excluding diaryl/α,β-unsaturated/α-hetero) is 1. The van der Waals surface area contributed by atoms with E-state index in [0.29, 0.717) is 42.7 Å². The van der Waals surface area contributed by atoms with Crippen molar-refractivity contribution in [3.05, 3.63) is 63.7 Å². The van der Waals surface area contributed by atoms with E-state index in [1.807, 2.05) is 6.07 Å². The smallest absolute Gasteiger partial charge is 0.303 e. The third-order valence-electron chi connectivity index (χ3n) is 7.02. The van der Waals surface area contributed by atoms with Gasteiger partial charge in [-0.1, -0.05) is 30.3 Å². The number of nitrogens with zero attached hydrogens (tertiary/aromatic N) is 3. The molecule has 4 rings (SSSR count). The lowest BCUT2D eigenvalue weighted by atomic mass is 10.0. The molecule has 2 aromatic heterocycles. The van der Waals surface area contributed by atoms with Gasteiger partial charge >= 0.3 is 5.97 Å². The van der Waals surface area contributed by atoms with Gasteiger partial charge in [-0.15, -0.1) is 0 Å². The van der Waals surface area contributed by atoms with E-state index in [1.54, 1.807) is 53.8 Å². The minimum atomic E-state index is -0.515. The Morgan fingerprint density at radius 2 is 1.74 bits per heavy atom. The molecule has 2 amide bonds. The molecular weight excluding hydrogens is 504 g/mol. The number of likely N-dealkylation sites (tertiary alicyclic amines) is 1. The number of ether oxygens (including phenoxy) is 2. The summed E-state index contributed by atoms with van der Waals surface area (Å²) in [6.45, 7) is 3.38. The number of rotatable bonds is 8. The summed E-state index contributed by atoms with van der Waals surface area (Å²) in [6.07, 6.45) is 1.05. The molecule has 3 aromatic rings. The van der Waals surface area contributed by atoms with Gasteiger partial charge < -0.3 is 28.8 Å². The van der Waals surface area contributed by atoms with Crippen LogP contribution in [0.15, 0.2) is 41.2 Å². The Labute approximate surface area is 225 Å². The Balaban J connectivity index is 1.55. The summed E-state index contributed by atoms with van der Waals surface area (Å²) < 4.78 is 13.4. The quantitative estimate of drug-likeness (QED) is 0.344. The van der Waals surface area contributed by atoms with Gasteiger partial charge in [0.1, 0.15) is 5.39 Å². The van der Waals surface area contributed by atoms with Crippen LogP contribution in [0, 0.1) is 6.92 Å². The zero-order valence-corrected chi connectivity index (χ0v) is 22.5. The minimum Gasteiger partial charge on any atom is -0.493 e. The van der Waals surface area contributed by atoms with Crippen molar-refractivity contribution < 1.29 is 28.7 Å². The van der Waals surface area contributed by atoms with E-state index in [2.05, 4.69) is 5.32 Å². The number of piperidine rings is 1. The van der Waals surface area contributed by atoms with Crippen LogP contribution in [0.2, 0.25) is 0 Å². The van der Waals surface area contributed by atoms with Gasteiger partial charge in [-0.3, -0.25) is 24.0 Å². The number of carbonyl (C=O) groups excluding carboxylic acids is 4. The van der Waals surface area contributed by atoms with E-state index in [9.17, 15) is 24.0 Å². The second-order valence-electron chi connectivity index (χ2n) is 9.58. The molecule has 11 nitrogen and oxygen atoms in total. The highest BCUT2D eigenvalue weighted by molar-refractivity contribution is 6.04. The van der Waals surface area contributed by atoms with Crippen molar-refractivity contribution >= 4 is 34.5 Å². The molecule has 1 N–H and O–H groups in total. The van der Waals surface area contributed by atoms with E-state index in [1.165, 1.54) is 18.6 Å². The predicted octanol–water partition coefficient (Wildman–Crippen LogP) is 1.82. The van der Waals surface area contributed by atoms with Crippen molar-refractivity contribution in [3.8, 4) is 5.75 Å². The van der Waals surface area contributed by atoms with Crippen LogP contribution in [-0.4, -0.2) is 70.4 Å². The van der Waals surface area contributed by atoms with Crippen LogP contribution < -0.4 is 15.6 Å². The standard InChI is InChI=1S/C28H32N4O7/c1-17-14-21-24(28(37)32(17)15-22(34)19-8-6-5-7-9-19)26(38-4)25(30(21)3)27(36)29-20-10-12-31(13-11-20)23(35)16-39-18(2)33/h5-9,14,20H,10-13,15-16H2,1-4H3,(H,29,36). The lowest BCUT2D eigenvalue weighted by Gasteiger charge is -2.32. The van der Waals surface area contributed by atoms with Gasteiger partial charge in [0.05, 0.1) is 19.2 Å². The van der Waals surface area contributed by atoms with E-state index < -0.39 is 17.4 Å². The van der Waals surface area contributed by atoms with Crippen molar-refractivity contribution in [2.45, 2.75) is 39.3 Å². The molecule has 0 atom stereocenters. The number of amides is 2. The molecule has 39 heavy (non-hydrogen) atoms. The van der Waals surface area contributed by atoms with Crippen LogP contribution in [0.3, 0.4) is 0 Å². The highest BCUT2D eigenvalue weighted by atomic mass is 16.5. The van der Waals surface area contributed by atoms with Crippen LogP contribution in [0.4, 0.5) is 0 Å². The first-order valence-corrected chi connectivity index (χ1v) is 12.7. The number of ketones is 1. The summed E-state index contributed by atoms with van der Waals surface area (Å²) in [5.41, 5.74) is 1.39. The van der Waals surface area contributed by atoms with Crippen molar-refractivity contribution in [2.75, 3.05) is 26.8 Å². The second kappa shape index (κ2) is 11.5. The van der Waals surface area contributed by atoms with E-state index in [-0.39, 0.29) is 47.7 Å². The van der Waals surface area contributed by atoms with Gasteiger partial charge in [-0.25, -0.2) is 0 Å². The van der Waals surface area contributed by atoms with Crippen molar-refractivity contribution in [3.63, 3.8) is 0 Å². The average molecular weight is 537 g/mol. The summed E-state index contributed by atoms with van der Waals surface area (Å²) in [4.78, 5) is 64.6. The maximum atomic E-state index is 13.6. The number of fused-ring (bicyclic) bond motifs is 1. The van der Waals surface area contributed by atoms with E-state index >= 15 is 0 Å². The van der Waals surface area contributed by atoms with Crippen LogP contribution >= 0.6 is 0 Å². The normalized spacial score (nSPS) is 13.8. The first-order valence-electron chi connectivity index (χ1n) is 12.7. The maximum Gasteiger partial charge on any atom is 0.303 e. The topological polar surface area (TPSA) is 129 Å². The zero-order valence-electron chi connectivity index (χ0n) is 22.5. The Bertz CT molecular complexity index is 1480. The fourth-order valence-electron chi connectivity index (χ4n) is 4.91. The van der Waals surface area contributed by atoms with Crippen molar-refractivity contribution in [1.29, 1.82) is 0 Å². The number of hydrogen-bond acceptors (Lipinski definition) is 7. The summed E-state index contributed by atoms with van der Waals surface area (Å²) in [5.74, 6) is -1.25. The predicted molar refractivity (Wildman–Crippen MR) is 143 cm³/mol. The summed E-state index contributed by atoms with van der Waals surface area (Å²) >= 11 is 0. The van der Waals surface area contributed by atoms with Crippen LogP contribution in [0.5, 0.6) is 5.75 Å². The number of aryl methyl sites for hydroxylation is 2. The summed E-state index contributed by atoms with van der Waals surface area (Å²) in [6, 6.07) is 10.3. The number of esters is 1. The largest absolute Gasteiger partial charge is 0.493 e. The Kier molecular flexibility index (Phi) is 8.18. The fourth-order valence-corrected chi connectivity index (χ4v) is 4.91. The highest BCUT2D eigenvalue weighted by Gasteiger charge is 2.29. The van der Waals surface area contributed by atoms with Crippen molar-refractivity contribution in [1.82, 2.24) is 19.4 Å². The van der Waals surface area contributed by atoms with Crippen LogP contribution in [-0.2, 0) is 27.9 Å². The number of aromatic nitrogens is 2. The van der Waals surface area contributed by atoms with E-state index in [4.69, 9.17) is 9.47 Å². The third-order valence-corrected chi connectivity index (χ3v) is 7.02. The van der Waals surface area contributed by atoms with Gasteiger partial charge in [0.15, 0.2) is 23.8 Å². The van der Waals surface area contributed by atoms with Crippen LogP contribution in [0.25, 0.3) is 10.9 Å². The SMILES string of the molecule is COc1c(C(=O)NC2CCN(C(=O)COC(C)=O)CC2)n(C)c2cc(C)n(CC(=O)c3ccccc3)c(=O)c12. The second-order valence-corrected chi connectivity index (χ2v) is 9.58. The Hall–Kier alpha value is -4.41. The maximum absolute atomic E-state index is 13.6. The number of pyridine rings is 1. The van der Waals surface area contributed by atoms with Gasteiger partial charge in [0, 0.05) is 44.4 Å². The molecule has 1 aromatic carbocycles. The van der Waals surface area contributed by atoms with Crippen molar-refractivity contribution in [2.24, 2.45) is 7.05 Å². The van der Waals surface area contributed by atoms with Gasteiger partial charge in [-0.05, 0) is 25.8 Å². The Morgan fingerprint density at radius 3 is 2.36 bits per heavy atom. The highest BCUT2D eigenvalue weighted by Crippen LogP contribution is 2.31. The molecular formula is C28H32N4O7. The molecule has 0 radical (unpaired) electrons. The fraction of sp³-hybridized carbons (Fsp3) is 0.393. The average Bonchev–Trinajstić information content (AvgIpc) is 3.21. The number of methoxy groups -OCH3 is 1.